The van der Waals surface area contributed by atoms with E-state index >= 15 is 0 Å². The van der Waals surface area contributed by atoms with Crippen molar-refractivity contribution in [1.82, 2.24) is 14.9 Å². The molecule has 164 valence electrons. The van der Waals surface area contributed by atoms with Gasteiger partial charge in [-0.2, -0.15) is 0 Å². The van der Waals surface area contributed by atoms with Crippen LogP contribution in [0.2, 0.25) is 0 Å². The summed E-state index contributed by atoms with van der Waals surface area (Å²) in [4.78, 5) is 23.2. The average Bonchev–Trinajstić information content (AvgIpc) is 3.47. The number of likely N-dealkylation sites (tertiary alicyclic amines) is 1. The molecular weight excluding hydrogens is 402 g/mol. The summed E-state index contributed by atoms with van der Waals surface area (Å²) < 4.78 is 11.5. The SMILES string of the molecule is COc1cccc(Cc2cnc([C@H]3CCCCN3C(=O)c3cc4c(C)cccc4[nH]3)o2)c1. The molecule has 1 aliphatic rings. The van der Waals surface area contributed by atoms with Crippen LogP contribution >= 0.6 is 0 Å². The molecule has 6 heteroatoms. The van der Waals surface area contributed by atoms with Crippen molar-refractivity contribution in [2.45, 2.75) is 38.6 Å². The van der Waals surface area contributed by atoms with E-state index in [9.17, 15) is 4.79 Å². The minimum absolute atomic E-state index is 0.00199. The predicted octanol–water partition coefficient (Wildman–Crippen LogP) is 5.43. The Morgan fingerprint density at radius 3 is 2.94 bits per heavy atom. The summed E-state index contributed by atoms with van der Waals surface area (Å²) in [7, 11) is 1.66. The van der Waals surface area contributed by atoms with Crippen molar-refractivity contribution in [3.8, 4) is 5.75 Å². The number of H-pyrrole nitrogens is 1. The van der Waals surface area contributed by atoms with Crippen LogP contribution in [-0.2, 0) is 6.42 Å². The smallest absolute Gasteiger partial charge is 0.270 e. The highest BCUT2D eigenvalue weighted by Gasteiger charge is 2.32. The van der Waals surface area contributed by atoms with Gasteiger partial charge in [0.05, 0.1) is 13.3 Å². The predicted molar refractivity (Wildman–Crippen MR) is 123 cm³/mol. The zero-order valence-electron chi connectivity index (χ0n) is 18.4. The third-order valence-corrected chi connectivity index (χ3v) is 6.25. The number of hydrogen-bond donors (Lipinski definition) is 1. The van der Waals surface area contributed by atoms with Gasteiger partial charge in [-0.15, -0.1) is 0 Å². The lowest BCUT2D eigenvalue weighted by atomic mass is 10.0. The van der Waals surface area contributed by atoms with Crippen LogP contribution in [0.4, 0.5) is 0 Å². The molecule has 1 fully saturated rings. The second-order valence-electron chi connectivity index (χ2n) is 8.42. The Morgan fingerprint density at radius 2 is 2.09 bits per heavy atom. The van der Waals surface area contributed by atoms with Crippen molar-refractivity contribution in [3.05, 3.63) is 83.2 Å². The van der Waals surface area contributed by atoms with E-state index in [4.69, 9.17) is 9.15 Å². The summed E-state index contributed by atoms with van der Waals surface area (Å²) in [5.74, 6) is 2.22. The van der Waals surface area contributed by atoms with Crippen molar-refractivity contribution >= 4 is 16.8 Å². The molecule has 1 aliphatic heterocycles. The van der Waals surface area contributed by atoms with E-state index in [1.165, 1.54) is 0 Å². The molecule has 6 nitrogen and oxygen atoms in total. The molecule has 2 aromatic carbocycles. The van der Waals surface area contributed by atoms with Crippen LogP contribution in [0.3, 0.4) is 0 Å². The minimum atomic E-state index is -0.150. The lowest BCUT2D eigenvalue weighted by molar-refractivity contribution is 0.0565. The molecular formula is C26H27N3O3. The lowest BCUT2D eigenvalue weighted by Gasteiger charge is -2.33. The second-order valence-corrected chi connectivity index (χ2v) is 8.42. The minimum Gasteiger partial charge on any atom is -0.497 e. The standard InChI is InChI=1S/C26H27N3O3/c1-17-7-5-10-22-21(17)15-23(28-22)26(30)29-12-4-3-11-24(29)25-27-16-20(32-25)14-18-8-6-9-19(13-18)31-2/h5-10,13,15-16,24,28H,3-4,11-12,14H2,1-2H3/t24-/m1/s1. The summed E-state index contributed by atoms with van der Waals surface area (Å²) in [5, 5.41) is 1.08. The highest BCUT2D eigenvalue weighted by molar-refractivity contribution is 5.99. The van der Waals surface area contributed by atoms with Crippen LogP contribution in [0, 0.1) is 6.92 Å². The monoisotopic (exact) mass is 429 g/mol. The number of hydrogen-bond acceptors (Lipinski definition) is 4. The van der Waals surface area contributed by atoms with Gasteiger partial charge in [0.15, 0.2) is 0 Å². The van der Waals surface area contributed by atoms with E-state index in [1.54, 1.807) is 13.3 Å². The normalized spacial score (nSPS) is 16.4. The molecule has 5 rings (SSSR count). The molecule has 4 aromatic rings. The number of oxazole rings is 1. The fraction of sp³-hybridized carbons (Fsp3) is 0.308. The van der Waals surface area contributed by atoms with Gasteiger partial charge in [0.25, 0.3) is 5.91 Å². The number of aromatic amines is 1. The fourth-order valence-electron chi connectivity index (χ4n) is 4.55. The van der Waals surface area contributed by atoms with Crippen molar-refractivity contribution in [2.24, 2.45) is 0 Å². The third kappa shape index (κ3) is 3.88. The second kappa shape index (κ2) is 8.54. The number of aromatic nitrogens is 2. The summed E-state index contributed by atoms with van der Waals surface area (Å²) in [6.45, 7) is 2.76. The molecule has 2 aromatic heterocycles. The largest absolute Gasteiger partial charge is 0.497 e. The van der Waals surface area contributed by atoms with Crippen LogP contribution in [0.5, 0.6) is 5.75 Å². The molecule has 0 radical (unpaired) electrons. The van der Waals surface area contributed by atoms with Gasteiger partial charge >= 0.3 is 0 Å². The summed E-state index contributed by atoms with van der Waals surface area (Å²) in [5.41, 5.74) is 3.85. The van der Waals surface area contributed by atoms with Gasteiger partial charge in [-0.1, -0.05) is 24.3 Å². The van der Waals surface area contributed by atoms with Crippen molar-refractivity contribution in [3.63, 3.8) is 0 Å². The van der Waals surface area contributed by atoms with Crippen LogP contribution in [0.1, 0.15) is 58.6 Å². The zero-order chi connectivity index (χ0) is 22.1. The van der Waals surface area contributed by atoms with Crippen molar-refractivity contribution in [1.29, 1.82) is 0 Å². The number of amides is 1. The average molecular weight is 430 g/mol. The fourth-order valence-corrected chi connectivity index (χ4v) is 4.55. The van der Waals surface area contributed by atoms with Gasteiger partial charge in [-0.05, 0) is 61.6 Å². The number of carbonyl (C=O) groups is 1. The summed E-state index contributed by atoms with van der Waals surface area (Å²) >= 11 is 0. The first-order valence-electron chi connectivity index (χ1n) is 11.1. The Bertz CT molecular complexity index is 1260. The van der Waals surface area contributed by atoms with Crippen LogP contribution in [0.15, 0.2) is 59.1 Å². The van der Waals surface area contributed by atoms with Crippen molar-refractivity contribution < 1.29 is 13.9 Å². The number of fused-ring (bicyclic) bond motifs is 1. The van der Waals surface area contributed by atoms with Gasteiger partial charge in [-0.25, -0.2) is 4.98 Å². The summed E-state index contributed by atoms with van der Waals surface area (Å²) in [6, 6.07) is 15.8. The Labute approximate surface area is 187 Å². The lowest BCUT2D eigenvalue weighted by Crippen LogP contribution is -2.38. The summed E-state index contributed by atoms with van der Waals surface area (Å²) in [6.07, 6.45) is 5.29. The molecule has 1 amide bonds. The Balaban J connectivity index is 1.38. The van der Waals surface area contributed by atoms with Gasteiger partial charge in [-0.3, -0.25) is 4.79 Å². The number of piperidine rings is 1. The molecule has 32 heavy (non-hydrogen) atoms. The molecule has 0 spiro atoms. The molecule has 0 aliphatic carbocycles. The quantitative estimate of drug-likeness (QED) is 0.459. The number of carbonyl (C=O) groups excluding carboxylic acids is 1. The van der Waals surface area contributed by atoms with Gasteiger partial charge < -0.3 is 19.0 Å². The van der Waals surface area contributed by atoms with E-state index in [0.717, 1.165) is 52.8 Å². The first-order chi connectivity index (χ1) is 15.6. The maximum absolute atomic E-state index is 13.4. The maximum atomic E-state index is 13.4. The first kappa shape index (κ1) is 20.4. The van der Waals surface area contributed by atoms with E-state index < -0.39 is 0 Å². The number of nitrogens with one attached hydrogen (secondary N) is 1. The Morgan fingerprint density at radius 1 is 1.22 bits per heavy atom. The van der Waals surface area contributed by atoms with Crippen LogP contribution in [0.25, 0.3) is 10.9 Å². The molecule has 0 unspecified atom stereocenters. The first-order valence-corrected chi connectivity index (χ1v) is 11.1. The number of nitrogens with zero attached hydrogens (tertiary/aromatic N) is 2. The number of ether oxygens (including phenoxy) is 1. The molecule has 1 N–H and O–H groups in total. The maximum Gasteiger partial charge on any atom is 0.270 e. The molecule has 1 atom stereocenters. The number of methoxy groups -OCH3 is 1. The number of aryl methyl sites for hydroxylation is 1. The third-order valence-electron chi connectivity index (χ3n) is 6.25. The number of rotatable bonds is 5. The Hall–Kier alpha value is -3.54. The molecule has 0 bridgehead atoms. The molecule has 3 heterocycles. The topological polar surface area (TPSA) is 71.4 Å². The van der Waals surface area contributed by atoms with Gasteiger partial charge in [0, 0.05) is 23.9 Å². The van der Waals surface area contributed by atoms with Crippen LogP contribution in [-0.4, -0.2) is 34.4 Å². The number of benzene rings is 2. The molecule has 1 saturated heterocycles. The van der Waals surface area contributed by atoms with E-state index in [-0.39, 0.29) is 11.9 Å². The zero-order valence-corrected chi connectivity index (χ0v) is 18.4. The van der Waals surface area contributed by atoms with Gasteiger partial charge in [0.1, 0.15) is 23.2 Å². The van der Waals surface area contributed by atoms with E-state index in [0.29, 0.717) is 24.6 Å². The highest BCUT2D eigenvalue weighted by atomic mass is 16.5. The Kier molecular flexibility index (Phi) is 5.43. The van der Waals surface area contributed by atoms with E-state index in [2.05, 4.69) is 23.0 Å². The molecule has 0 saturated carbocycles. The van der Waals surface area contributed by atoms with Gasteiger partial charge in [0.2, 0.25) is 5.89 Å². The van der Waals surface area contributed by atoms with E-state index in [1.807, 2.05) is 47.4 Å². The van der Waals surface area contributed by atoms with Crippen LogP contribution < -0.4 is 4.74 Å². The highest BCUT2D eigenvalue weighted by Crippen LogP contribution is 2.33. The van der Waals surface area contributed by atoms with Crippen molar-refractivity contribution in [2.75, 3.05) is 13.7 Å².